The first-order valence-electron chi connectivity index (χ1n) is 7.42. The fraction of sp³-hybridized carbons (Fsp3) is 0.867. The maximum Gasteiger partial charge on any atom is 0.234 e. The number of hydrogen-bond donors (Lipinski definition) is 1. The van der Waals surface area contributed by atoms with Crippen molar-refractivity contribution >= 4 is 0 Å². The monoisotopic (exact) mass is 281 g/mol. The molecular weight excluding hydrogens is 254 g/mol. The van der Waals surface area contributed by atoms with E-state index in [0.717, 1.165) is 25.7 Å². The highest BCUT2D eigenvalue weighted by atomic mass is 16.5. The van der Waals surface area contributed by atoms with Crippen LogP contribution in [0, 0.1) is 0 Å². The molecule has 1 aromatic rings. The average Bonchev–Trinajstić information content (AvgIpc) is 2.89. The van der Waals surface area contributed by atoms with Gasteiger partial charge in [0.1, 0.15) is 5.60 Å². The van der Waals surface area contributed by atoms with Crippen LogP contribution in [0.5, 0.6) is 0 Å². The van der Waals surface area contributed by atoms with Crippen LogP contribution in [0.3, 0.4) is 0 Å². The lowest BCUT2D eigenvalue weighted by molar-refractivity contribution is -0.0527. The number of nitrogens with zero attached hydrogens (tertiary/aromatic N) is 2. The van der Waals surface area contributed by atoms with Gasteiger partial charge in [-0.3, -0.25) is 0 Å². The van der Waals surface area contributed by atoms with Crippen LogP contribution < -0.4 is 5.73 Å². The van der Waals surface area contributed by atoms with E-state index in [9.17, 15) is 0 Å². The fourth-order valence-electron chi connectivity index (χ4n) is 2.58. The van der Waals surface area contributed by atoms with Crippen molar-refractivity contribution in [2.75, 3.05) is 7.11 Å². The van der Waals surface area contributed by atoms with Gasteiger partial charge < -0.3 is 15.0 Å². The van der Waals surface area contributed by atoms with Gasteiger partial charge in [-0.15, -0.1) is 0 Å². The highest BCUT2D eigenvalue weighted by molar-refractivity contribution is 5.13. The molecule has 1 aromatic heterocycles. The van der Waals surface area contributed by atoms with E-state index < -0.39 is 5.54 Å². The first-order valence-corrected chi connectivity index (χ1v) is 7.42. The Balaban J connectivity index is 2.33. The van der Waals surface area contributed by atoms with E-state index >= 15 is 0 Å². The molecule has 0 unspecified atom stereocenters. The van der Waals surface area contributed by atoms with E-state index in [-0.39, 0.29) is 11.0 Å². The third-order valence-electron chi connectivity index (χ3n) is 5.03. The van der Waals surface area contributed by atoms with Crippen LogP contribution in [0.2, 0.25) is 0 Å². The van der Waals surface area contributed by atoms with Gasteiger partial charge >= 0.3 is 0 Å². The predicted octanol–water partition coefficient (Wildman–Crippen LogP) is 2.89. The normalized spacial score (nSPS) is 20.1. The number of hydrogen-bond acceptors (Lipinski definition) is 5. The Labute approximate surface area is 121 Å². The SMILES string of the molecule is COC1(c2noc(C(C)(C)C(C)(C)N)n2)CCCCC1. The molecule has 0 aliphatic heterocycles. The van der Waals surface area contributed by atoms with E-state index in [1.165, 1.54) is 6.42 Å². The number of nitrogens with two attached hydrogens (primary N) is 1. The molecule has 1 saturated carbocycles. The van der Waals surface area contributed by atoms with Gasteiger partial charge in [0.2, 0.25) is 11.7 Å². The molecule has 5 nitrogen and oxygen atoms in total. The van der Waals surface area contributed by atoms with Crippen molar-refractivity contribution < 1.29 is 9.26 Å². The van der Waals surface area contributed by atoms with Gasteiger partial charge in [0.15, 0.2) is 0 Å². The van der Waals surface area contributed by atoms with Crippen LogP contribution in [-0.2, 0) is 15.8 Å². The lowest BCUT2D eigenvalue weighted by Crippen LogP contribution is -2.50. The second-order valence-corrected chi connectivity index (χ2v) is 7.03. The number of ether oxygens (including phenoxy) is 1. The van der Waals surface area contributed by atoms with Crippen LogP contribution in [0.25, 0.3) is 0 Å². The van der Waals surface area contributed by atoms with E-state index in [1.54, 1.807) is 7.11 Å². The number of aromatic nitrogens is 2. The molecule has 0 saturated heterocycles. The summed E-state index contributed by atoms with van der Waals surface area (Å²) in [5, 5.41) is 4.20. The van der Waals surface area contributed by atoms with Crippen molar-refractivity contribution in [1.82, 2.24) is 10.1 Å². The molecule has 1 aliphatic rings. The molecule has 0 amide bonds. The zero-order valence-electron chi connectivity index (χ0n) is 13.3. The Hall–Kier alpha value is -0.940. The Morgan fingerprint density at radius 2 is 1.75 bits per heavy atom. The molecule has 0 bridgehead atoms. The zero-order chi connectivity index (χ0) is 15.0. The lowest BCUT2D eigenvalue weighted by Gasteiger charge is -2.35. The molecule has 20 heavy (non-hydrogen) atoms. The van der Waals surface area contributed by atoms with E-state index in [0.29, 0.717) is 11.7 Å². The minimum Gasteiger partial charge on any atom is -0.370 e. The largest absolute Gasteiger partial charge is 0.370 e. The highest BCUT2D eigenvalue weighted by Crippen LogP contribution is 2.40. The summed E-state index contributed by atoms with van der Waals surface area (Å²) in [6.45, 7) is 8.02. The number of methoxy groups -OCH3 is 1. The molecule has 1 aliphatic carbocycles. The summed E-state index contributed by atoms with van der Waals surface area (Å²) in [7, 11) is 1.74. The Morgan fingerprint density at radius 3 is 2.25 bits per heavy atom. The fourth-order valence-corrected chi connectivity index (χ4v) is 2.58. The van der Waals surface area contributed by atoms with E-state index in [2.05, 4.69) is 10.1 Å². The molecule has 1 fully saturated rings. The van der Waals surface area contributed by atoms with Crippen LogP contribution in [0.1, 0.15) is 71.5 Å². The Kier molecular flexibility index (Phi) is 3.95. The third-order valence-corrected chi connectivity index (χ3v) is 5.03. The average molecular weight is 281 g/mol. The summed E-state index contributed by atoms with van der Waals surface area (Å²) in [5.41, 5.74) is 5.03. The van der Waals surface area contributed by atoms with Gasteiger partial charge in [0, 0.05) is 12.6 Å². The molecule has 5 heteroatoms. The van der Waals surface area contributed by atoms with E-state index in [1.807, 2.05) is 27.7 Å². The van der Waals surface area contributed by atoms with Crippen molar-refractivity contribution in [2.24, 2.45) is 5.73 Å². The summed E-state index contributed by atoms with van der Waals surface area (Å²) in [5.74, 6) is 1.26. The van der Waals surface area contributed by atoms with Gasteiger partial charge in [-0.05, 0) is 40.5 Å². The standard InChI is InChI=1S/C15H27N3O2/c1-13(2,14(3,4)16)12-17-11(18-20-12)15(19-5)9-7-6-8-10-15/h6-10,16H2,1-5H3. The van der Waals surface area contributed by atoms with Crippen molar-refractivity contribution in [3.63, 3.8) is 0 Å². The Bertz CT molecular complexity index is 454. The lowest BCUT2D eigenvalue weighted by atomic mass is 9.75. The van der Waals surface area contributed by atoms with E-state index in [4.69, 9.17) is 15.0 Å². The summed E-state index contributed by atoms with van der Waals surface area (Å²) in [4.78, 5) is 4.63. The summed E-state index contributed by atoms with van der Waals surface area (Å²) in [6, 6.07) is 0. The summed E-state index contributed by atoms with van der Waals surface area (Å²) in [6.07, 6.45) is 5.44. The van der Waals surface area contributed by atoms with Crippen LogP contribution in [0.15, 0.2) is 4.52 Å². The van der Waals surface area contributed by atoms with Gasteiger partial charge in [-0.25, -0.2) is 0 Å². The first-order chi connectivity index (χ1) is 9.23. The predicted molar refractivity (Wildman–Crippen MR) is 77.4 cm³/mol. The van der Waals surface area contributed by atoms with Gasteiger partial charge in [0.25, 0.3) is 0 Å². The third kappa shape index (κ3) is 2.49. The molecule has 0 aromatic carbocycles. The van der Waals surface area contributed by atoms with Crippen molar-refractivity contribution in [1.29, 1.82) is 0 Å². The minimum atomic E-state index is -0.441. The second-order valence-electron chi connectivity index (χ2n) is 7.03. The van der Waals surface area contributed by atoms with Crippen LogP contribution in [-0.4, -0.2) is 22.8 Å². The molecule has 0 spiro atoms. The highest BCUT2D eigenvalue weighted by Gasteiger charge is 2.43. The molecule has 2 rings (SSSR count). The Morgan fingerprint density at radius 1 is 1.15 bits per heavy atom. The van der Waals surface area contributed by atoms with Gasteiger partial charge in [-0.2, -0.15) is 4.98 Å². The molecule has 2 N–H and O–H groups in total. The van der Waals surface area contributed by atoms with Crippen molar-refractivity contribution in [3.8, 4) is 0 Å². The van der Waals surface area contributed by atoms with Crippen LogP contribution >= 0.6 is 0 Å². The molecule has 0 atom stereocenters. The van der Waals surface area contributed by atoms with Gasteiger partial charge in [0.05, 0.1) is 5.41 Å². The first kappa shape index (κ1) is 15.4. The topological polar surface area (TPSA) is 74.2 Å². The maximum absolute atomic E-state index is 6.24. The van der Waals surface area contributed by atoms with Gasteiger partial charge in [-0.1, -0.05) is 24.4 Å². The number of rotatable bonds is 4. The molecule has 1 heterocycles. The quantitative estimate of drug-likeness (QED) is 0.918. The molecule has 114 valence electrons. The molecule has 0 radical (unpaired) electrons. The minimum absolute atomic E-state index is 0.380. The smallest absolute Gasteiger partial charge is 0.234 e. The maximum atomic E-state index is 6.24. The molecular formula is C15H27N3O2. The summed E-state index contributed by atoms with van der Waals surface area (Å²) < 4.78 is 11.3. The van der Waals surface area contributed by atoms with Crippen molar-refractivity contribution in [2.45, 2.75) is 76.4 Å². The summed E-state index contributed by atoms with van der Waals surface area (Å²) >= 11 is 0. The zero-order valence-corrected chi connectivity index (χ0v) is 13.3. The van der Waals surface area contributed by atoms with Crippen molar-refractivity contribution in [3.05, 3.63) is 11.7 Å². The van der Waals surface area contributed by atoms with Crippen LogP contribution in [0.4, 0.5) is 0 Å². The second kappa shape index (κ2) is 5.11.